The van der Waals surface area contributed by atoms with E-state index >= 15 is 0 Å². The van der Waals surface area contributed by atoms with Gasteiger partial charge in [-0.25, -0.2) is 0 Å². The summed E-state index contributed by atoms with van der Waals surface area (Å²) in [5, 5.41) is 4.01. The fourth-order valence-electron chi connectivity index (χ4n) is 15.7. The van der Waals surface area contributed by atoms with Gasteiger partial charge in [0.1, 0.15) is 12.4 Å². The number of ether oxygens (including phenoxy) is 2. The molecule has 0 bridgehead atoms. The van der Waals surface area contributed by atoms with E-state index in [0.29, 0.717) is 5.75 Å². The molecule has 115 heavy (non-hydrogen) atoms. The zero-order valence-electron chi connectivity index (χ0n) is 77.8. The van der Waals surface area contributed by atoms with Crippen molar-refractivity contribution >= 4 is 17.7 Å². The highest BCUT2D eigenvalue weighted by atomic mass is 16.6. The lowest BCUT2D eigenvalue weighted by Crippen LogP contribution is -2.00. The molecule has 1 aromatic carbocycles. The van der Waals surface area contributed by atoms with Gasteiger partial charge in [0.25, 0.3) is 0 Å². The maximum atomic E-state index is 10.4. The molecule has 6 heteroatoms. The van der Waals surface area contributed by atoms with Crippen molar-refractivity contribution in [3.63, 3.8) is 0 Å². The van der Waals surface area contributed by atoms with Crippen LogP contribution in [0.1, 0.15) is 568 Å². The third kappa shape index (κ3) is 111. The van der Waals surface area contributed by atoms with E-state index in [-0.39, 0.29) is 18.5 Å². The molecule has 0 N–H and O–H groups in total. The highest BCUT2D eigenvalue weighted by Gasteiger charge is 2.04. The Labute approximate surface area is 719 Å². The number of rotatable bonds is 86. The molecule has 1 rings (SSSR count). The summed E-state index contributed by atoms with van der Waals surface area (Å²) < 4.78 is 9.34. The van der Waals surface area contributed by atoms with E-state index in [1.54, 1.807) is 19.1 Å². The molecule has 0 heterocycles. The maximum absolute atomic E-state index is 10.4. The van der Waals surface area contributed by atoms with Crippen molar-refractivity contribution in [2.24, 2.45) is 5.16 Å². The number of carbonyl (C=O) groups excluding carboxylic acids is 2. The number of para-hydroxylation sites is 1. The second kappa shape index (κ2) is 106. The van der Waals surface area contributed by atoms with Crippen LogP contribution in [0.25, 0.3) is 0 Å². The molecule has 0 aliphatic carbocycles. The molecule has 0 unspecified atom stereocenters. The van der Waals surface area contributed by atoms with E-state index in [2.05, 4.69) is 76.0 Å². The monoisotopic (exact) mass is 1590 g/mol. The zero-order chi connectivity index (χ0) is 83.1. The Morgan fingerprint density at radius 1 is 0.252 bits per heavy atom. The molecule has 0 radical (unpaired) electrons. The molecule has 662 valence electrons. The van der Waals surface area contributed by atoms with E-state index < -0.39 is 0 Å². The molecule has 0 saturated carbocycles. The number of oxime groups is 1. The van der Waals surface area contributed by atoms with Crippen LogP contribution in [-0.4, -0.2) is 30.9 Å². The predicted octanol–water partition coefficient (Wildman–Crippen LogP) is 35.6. The summed E-state index contributed by atoms with van der Waals surface area (Å²) in [5.41, 5.74) is 1.01. The molecule has 0 aromatic heterocycles. The Kier molecular flexibility index (Phi) is 103. The van der Waals surface area contributed by atoms with Crippen LogP contribution >= 0.6 is 0 Å². The Balaban J connectivity index is 0. The van der Waals surface area contributed by atoms with Crippen LogP contribution in [-0.2, 0) is 19.2 Å². The Hall–Kier alpha value is -4.57. The van der Waals surface area contributed by atoms with Crippen LogP contribution in [0.4, 0.5) is 0 Å². The first-order valence-electron chi connectivity index (χ1n) is 50.7. The van der Waals surface area contributed by atoms with Gasteiger partial charge in [0, 0.05) is 13.8 Å². The second-order valence-electron chi connectivity index (χ2n) is 34.6. The molecule has 0 fully saturated rings. The van der Waals surface area contributed by atoms with Gasteiger partial charge in [-0.3, -0.25) is 9.59 Å². The quantitative estimate of drug-likeness (QED) is 0.0162. The van der Waals surface area contributed by atoms with Crippen molar-refractivity contribution in [2.75, 3.05) is 13.2 Å². The number of nitrogens with zero attached hydrogens (tertiary/aromatic N) is 1. The zero-order valence-corrected chi connectivity index (χ0v) is 77.8. The fourth-order valence-corrected chi connectivity index (χ4v) is 15.7. The van der Waals surface area contributed by atoms with E-state index in [1.807, 2.05) is 32.0 Å². The van der Waals surface area contributed by atoms with Gasteiger partial charge in [-0.2, -0.15) is 0 Å². The predicted molar refractivity (Wildman–Crippen MR) is 508 cm³/mol. The highest BCUT2D eigenvalue weighted by Crippen LogP contribution is 2.23. The third-order valence-corrected chi connectivity index (χ3v) is 22.8. The van der Waals surface area contributed by atoms with Crippen LogP contribution in [0, 0.1) is 59.2 Å². The number of benzene rings is 1. The molecule has 0 saturated heterocycles. The average molecular weight is 1600 g/mol. The number of unbranched alkanes of at least 4 members (excludes halogenated alkanes) is 81. The van der Waals surface area contributed by atoms with Gasteiger partial charge in [0.15, 0.2) is 6.61 Å². The van der Waals surface area contributed by atoms with Crippen molar-refractivity contribution in [3.8, 4) is 65.0 Å². The number of hydrogen-bond acceptors (Lipinski definition) is 6. The largest absolute Gasteiger partial charge is 0.453 e. The van der Waals surface area contributed by atoms with E-state index in [1.165, 1.54) is 534 Å². The lowest BCUT2D eigenvalue weighted by molar-refractivity contribution is -0.139. The lowest BCUT2D eigenvalue weighted by Gasteiger charge is -2.05. The fraction of sp³-hybridized carbons (Fsp3) is 0.826. The SMILES string of the molecule is CC#CC#CC#CC#CC#CCOC(C)=O.CC(=O)Oc1ccccc1.CCCCCCCCCCCCCCCCCCCCCCCCCCCCCCCCCCCCCCCCCCCCCCCCCCCCCCCCCCCCCCCCCCCCCCCCCCCCCCCCCCCCON=C(C)C. The molecule has 0 amide bonds. The Bertz CT molecular complexity index is 2450. The van der Waals surface area contributed by atoms with E-state index in [9.17, 15) is 9.59 Å². The summed E-state index contributed by atoms with van der Waals surface area (Å²) in [7, 11) is 0. The van der Waals surface area contributed by atoms with E-state index in [4.69, 9.17) is 9.57 Å². The van der Waals surface area contributed by atoms with Gasteiger partial charge in [-0.15, -0.1) is 0 Å². The van der Waals surface area contributed by atoms with Gasteiger partial charge < -0.3 is 14.3 Å². The number of hydrogen-bond donors (Lipinski definition) is 0. The molecule has 0 aliphatic rings. The maximum Gasteiger partial charge on any atom is 0.308 e. The summed E-state index contributed by atoms with van der Waals surface area (Å²) in [4.78, 5) is 26.0. The molecule has 1 aromatic rings. The topological polar surface area (TPSA) is 74.2 Å². The molecular formula is C109H191NO5. The first kappa shape index (κ1) is 112. The molecular weight excluding hydrogens is 1400 g/mol. The average Bonchev–Trinajstić information content (AvgIpc) is 0.968. The van der Waals surface area contributed by atoms with Gasteiger partial charge >= 0.3 is 11.9 Å². The summed E-state index contributed by atoms with van der Waals surface area (Å²) in [5.74, 6) is 25.0. The van der Waals surface area contributed by atoms with Crippen LogP contribution in [0.2, 0.25) is 0 Å². The summed E-state index contributed by atoms with van der Waals surface area (Å²) in [6, 6.07) is 8.98. The minimum absolute atomic E-state index is 0.0450. The van der Waals surface area contributed by atoms with Crippen molar-refractivity contribution < 1.29 is 23.9 Å². The summed E-state index contributed by atoms with van der Waals surface area (Å²) >= 11 is 0. The second-order valence-corrected chi connectivity index (χ2v) is 34.6. The molecule has 0 atom stereocenters. The Morgan fingerprint density at radius 2 is 0.443 bits per heavy atom. The summed E-state index contributed by atoms with van der Waals surface area (Å²) in [6.45, 7) is 11.5. The van der Waals surface area contributed by atoms with Crippen molar-refractivity contribution in [3.05, 3.63) is 30.3 Å². The van der Waals surface area contributed by atoms with Crippen LogP contribution in [0.3, 0.4) is 0 Å². The van der Waals surface area contributed by atoms with Gasteiger partial charge in [0.2, 0.25) is 0 Å². The van der Waals surface area contributed by atoms with Crippen molar-refractivity contribution in [2.45, 2.75) is 568 Å². The highest BCUT2D eigenvalue weighted by molar-refractivity contribution is 5.78. The van der Waals surface area contributed by atoms with E-state index in [0.717, 1.165) is 18.7 Å². The van der Waals surface area contributed by atoms with Gasteiger partial charge in [-0.1, -0.05) is 550 Å². The molecule has 0 spiro atoms. The third-order valence-electron chi connectivity index (χ3n) is 22.8. The minimum atomic E-state index is -0.366. The normalized spacial score (nSPS) is 10.6. The van der Waals surface area contributed by atoms with Crippen molar-refractivity contribution in [1.82, 2.24) is 0 Å². The Morgan fingerprint density at radius 3 is 0.626 bits per heavy atom. The minimum Gasteiger partial charge on any atom is -0.453 e. The molecule has 0 aliphatic heterocycles. The van der Waals surface area contributed by atoms with Crippen LogP contribution in [0.15, 0.2) is 35.5 Å². The van der Waals surface area contributed by atoms with Crippen molar-refractivity contribution in [1.29, 1.82) is 0 Å². The number of esters is 2. The van der Waals surface area contributed by atoms with Crippen LogP contribution in [0.5, 0.6) is 5.75 Å². The van der Waals surface area contributed by atoms with Crippen LogP contribution < -0.4 is 4.74 Å². The lowest BCUT2D eigenvalue weighted by atomic mass is 10.0. The molecule has 6 nitrogen and oxygen atoms in total. The smallest absolute Gasteiger partial charge is 0.308 e. The van der Waals surface area contributed by atoms with Gasteiger partial charge in [0.05, 0.1) is 5.71 Å². The summed E-state index contributed by atoms with van der Waals surface area (Å²) in [6.07, 6.45) is 121. The standard InChI is InChI=1S/C87H175NO.C14H8O2.C8H8O2/c1-4-5-6-7-8-9-10-11-12-13-14-15-16-17-18-19-20-21-22-23-24-25-26-27-28-29-30-31-32-33-34-35-36-37-38-39-40-41-42-43-44-45-46-47-48-49-50-51-52-53-54-55-56-57-58-59-60-61-62-63-64-65-66-67-68-69-70-71-72-73-74-75-76-77-78-79-80-81-82-83-84-85-86-89-88-87(2)3;1-3-4-5-6-7-8-9-10-11-12-13-16-14(2)15;1-7(9)10-8-5-3-2-4-6-8/h4-86H2,1-3H3;13H2,1-2H3;2-6H,1H3. The first-order chi connectivity index (χ1) is 56.8. The number of carbonyl (C=O) groups is 2. The first-order valence-corrected chi connectivity index (χ1v) is 50.7. The van der Waals surface area contributed by atoms with Gasteiger partial charge in [-0.05, 0) is 99.0 Å².